The number of benzene rings is 2. The molecule has 0 bridgehead atoms. The second-order valence-electron chi connectivity index (χ2n) is 7.66. The molecule has 4 rings (SSSR count). The van der Waals surface area contributed by atoms with E-state index < -0.39 is 0 Å². The van der Waals surface area contributed by atoms with Crippen molar-refractivity contribution in [3.8, 4) is 5.75 Å². The third kappa shape index (κ3) is 4.93. The molecule has 0 atom stereocenters. The van der Waals surface area contributed by atoms with Gasteiger partial charge in [-0.3, -0.25) is 4.79 Å². The van der Waals surface area contributed by atoms with E-state index in [1.165, 1.54) is 0 Å². The van der Waals surface area contributed by atoms with Crippen LogP contribution in [0.1, 0.15) is 19.8 Å². The molecule has 7 heteroatoms. The van der Waals surface area contributed by atoms with E-state index in [0.717, 1.165) is 42.1 Å². The number of carbonyl (C=O) groups is 1. The Bertz CT molecular complexity index is 1010. The smallest absolute Gasteiger partial charge is 0.242 e. The lowest BCUT2D eigenvalue weighted by atomic mass is 9.99. The van der Waals surface area contributed by atoms with E-state index in [0.29, 0.717) is 35.6 Å². The summed E-state index contributed by atoms with van der Waals surface area (Å²) >= 11 is 7.75. The number of carbonyl (C=O) groups excluding carboxylic acids is 1. The van der Waals surface area contributed by atoms with Crippen molar-refractivity contribution in [3.05, 3.63) is 53.6 Å². The van der Waals surface area contributed by atoms with Crippen molar-refractivity contribution < 1.29 is 9.53 Å². The maximum absolute atomic E-state index is 12.9. The fourth-order valence-electron chi connectivity index (χ4n) is 3.66. The number of halogens is 1. The van der Waals surface area contributed by atoms with Crippen LogP contribution in [0.2, 0.25) is 5.02 Å². The molecule has 1 aromatic heterocycles. The summed E-state index contributed by atoms with van der Waals surface area (Å²) in [6, 6.07) is 15.4. The van der Waals surface area contributed by atoms with Crippen molar-refractivity contribution in [2.24, 2.45) is 5.92 Å². The van der Waals surface area contributed by atoms with Crippen molar-refractivity contribution in [3.63, 3.8) is 0 Å². The quantitative estimate of drug-likeness (QED) is 0.375. The molecule has 158 valence electrons. The number of fused-ring (bicyclic) bond motifs is 1. The molecule has 30 heavy (non-hydrogen) atoms. The molecule has 0 aliphatic carbocycles. The van der Waals surface area contributed by atoms with Crippen molar-refractivity contribution >= 4 is 40.3 Å². The maximum Gasteiger partial charge on any atom is 0.242 e. The summed E-state index contributed by atoms with van der Waals surface area (Å²) in [4.78, 5) is 19.7. The van der Waals surface area contributed by atoms with Gasteiger partial charge in [-0.05, 0) is 43.0 Å². The molecule has 1 aliphatic heterocycles. The highest BCUT2D eigenvalue weighted by atomic mass is 35.5. The van der Waals surface area contributed by atoms with Crippen LogP contribution in [0.3, 0.4) is 0 Å². The Morgan fingerprint density at radius 3 is 2.70 bits per heavy atom. The summed E-state index contributed by atoms with van der Waals surface area (Å²) in [5.74, 6) is 2.26. The average Bonchev–Trinajstić information content (AvgIpc) is 3.10. The van der Waals surface area contributed by atoms with Crippen molar-refractivity contribution in [1.82, 2.24) is 14.5 Å². The first-order valence-electron chi connectivity index (χ1n) is 10.3. The average molecular weight is 444 g/mol. The van der Waals surface area contributed by atoms with Gasteiger partial charge < -0.3 is 14.2 Å². The highest BCUT2D eigenvalue weighted by Gasteiger charge is 2.22. The van der Waals surface area contributed by atoms with Gasteiger partial charge >= 0.3 is 0 Å². The normalized spacial score (nSPS) is 14.9. The predicted octanol–water partition coefficient (Wildman–Crippen LogP) is 5.12. The minimum atomic E-state index is 0.166. The van der Waals surface area contributed by atoms with Crippen molar-refractivity contribution in [2.75, 3.05) is 25.4 Å². The number of thioether (sulfide) groups is 1. The molecule has 0 radical (unpaired) electrons. The van der Waals surface area contributed by atoms with Crippen LogP contribution in [-0.4, -0.2) is 45.8 Å². The lowest BCUT2D eigenvalue weighted by molar-refractivity contribution is -0.133. The lowest BCUT2D eigenvalue weighted by Gasteiger charge is -2.30. The van der Waals surface area contributed by atoms with Gasteiger partial charge in [-0.1, -0.05) is 54.6 Å². The molecule has 0 unspecified atom stereocenters. The second-order valence-corrected chi connectivity index (χ2v) is 9.13. The number of hydrogen-bond acceptors (Lipinski definition) is 4. The topological polar surface area (TPSA) is 47.4 Å². The lowest BCUT2D eigenvalue weighted by Crippen LogP contribution is -2.39. The standard InChI is InChI=1S/C23H26ClN3O2S/c1-17-10-12-26(13-11-17)22(28)16-27-20-8-4-3-7-19(20)25-23(27)30-15-14-29-21-9-5-2-6-18(21)24/h2-9,17H,10-16H2,1H3. The highest BCUT2D eigenvalue weighted by molar-refractivity contribution is 7.99. The van der Waals surface area contributed by atoms with Crippen LogP contribution in [0.15, 0.2) is 53.7 Å². The molecule has 1 aliphatic rings. The molecular weight excluding hydrogens is 418 g/mol. The van der Waals surface area contributed by atoms with E-state index in [-0.39, 0.29) is 5.91 Å². The Morgan fingerprint density at radius 1 is 1.17 bits per heavy atom. The van der Waals surface area contributed by atoms with Crippen LogP contribution in [0.4, 0.5) is 0 Å². The van der Waals surface area contributed by atoms with E-state index in [9.17, 15) is 4.79 Å². The van der Waals surface area contributed by atoms with E-state index in [1.807, 2.05) is 58.0 Å². The largest absolute Gasteiger partial charge is 0.491 e. The first kappa shape index (κ1) is 21.1. The molecule has 0 N–H and O–H groups in total. The van der Waals surface area contributed by atoms with Crippen LogP contribution < -0.4 is 4.74 Å². The SMILES string of the molecule is CC1CCN(C(=O)Cn2c(SCCOc3ccccc3Cl)nc3ccccc32)CC1. The van der Waals surface area contributed by atoms with Gasteiger partial charge in [-0.2, -0.15) is 0 Å². The van der Waals surface area contributed by atoms with Crippen LogP contribution in [0.5, 0.6) is 5.75 Å². The summed E-state index contributed by atoms with van der Waals surface area (Å²) in [6.45, 7) is 4.78. The Hall–Kier alpha value is -2.18. The zero-order valence-corrected chi connectivity index (χ0v) is 18.7. The number of aromatic nitrogens is 2. The monoisotopic (exact) mass is 443 g/mol. The number of rotatable bonds is 7. The summed E-state index contributed by atoms with van der Waals surface area (Å²) in [5, 5.41) is 1.45. The summed E-state index contributed by atoms with van der Waals surface area (Å²) in [6.07, 6.45) is 2.16. The van der Waals surface area contributed by atoms with Gasteiger partial charge in [0.05, 0.1) is 22.7 Å². The molecule has 0 saturated carbocycles. The van der Waals surface area contributed by atoms with Gasteiger partial charge in [0.1, 0.15) is 12.3 Å². The minimum Gasteiger partial charge on any atom is -0.491 e. The molecule has 3 aromatic rings. The second kappa shape index (κ2) is 9.75. The minimum absolute atomic E-state index is 0.166. The number of hydrogen-bond donors (Lipinski definition) is 0. The van der Waals surface area contributed by atoms with Crippen LogP contribution in [0.25, 0.3) is 11.0 Å². The Balaban J connectivity index is 1.43. The van der Waals surface area contributed by atoms with Gasteiger partial charge in [0.25, 0.3) is 0 Å². The summed E-state index contributed by atoms with van der Waals surface area (Å²) in [7, 11) is 0. The molecule has 2 heterocycles. The third-order valence-corrected chi connectivity index (χ3v) is 6.71. The van der Waals surface area contributed by atoms with Gasteiger partial charge in [-0.25, -0.2) is 4.98 Å². The van der Waals surface area contributed by atoms with Crippen LogP contribution in [0, 0.1) is 5.92 Å². The molecule has 0 spiro atoms. The first-order chi connectivity index (χ1) is 14.6. The predicted molar refractivity (Wildman–Crippen MR) is 122 cm³/mol. The molecular formula is C23H26ClN3O2S. The number of likely N-dealkylation sites (tertiary alicyclic amines) is 1. The Labute approximate surface area is 186 Å². The van der Waals surface area contributed by atoms with Gasteiger partial charge in [0, 0.05) is 18.8 Å². The van der Waals surface area contributed by atoms with Crippen molar-refractivity contribution in [2.45, 2.75) is 31.5 Å². The van der Waals surface area contributed by atoms with E-state index in [2.05, 4.69) is 6.92 Å². The third-order valence-electron chi connectivity index (χ3n) is 5.46. The fourth-order valence-corrected chi connectivity index (χ4v) is 4.68. The number of amides is 1. The molecule has 1 amide bonds. The van der Waals surface area contributed by atoms with Crippen LogP contribution >= 0.6 is 23.4 Å². The number of nitrogens with zero attached hydrogens (tertiary/aromatic N) is 3. The van der Waals surface area contributed by atoms with Gasteiger partial charge in [-0.15, -0.1) is 0 Å². The van der Waals surface area contributed by atoms with E-state index in [1.54, 1.807) is 11.8 Å². The van der Waals surface area contributed by atoms with Crippen LogP contribution in [-0.2, 0) is 11.3 Å². The summed E-state index contributed by atoms with van der Waals surface area (Å²) < 4.78 is 7.83. The first-order valence-corrected chi connectivity index (χ1v) is 11.7. The van der Waals surface area contributed by atoms with Gasteiger partial charge in [0.15, 0.2) is 5.16 Å². The molecule has 2 aromatic carbocycles. The maximum atomic E-state index is 12.9. The number of piperidine rings is 1. The molecule has 1 fully saturated rings. The molecule has 1 saturated heterocycles. The highest BCUT2D eigenvalue weighted by Crippen LogP contribution is 2.26. The zero-order chi connectivity index (χ0) is 20.9. The Kier molecular flexibility index (Phi) is 6.85. The van der Waals surface area contributed by atoms with E-state index >= 15 is 0 Å². The van der Waals surface area contributed by atoms with Gasteiger partial charge in [0.2, 0.25) is 5.91 Å². The Morgan fingerprint density at radius 2 is 1.90 bits per heavy atom. The number of imidazole rings is 1. The summed E-state index contributed by atoms with van der Waals surface area (Å²) in [5.41, 5.74) is 1.90. The van der Waals surface area contributed by atoms with Crippen molar-refractivity contribution in [1.29, 1.82) is 0 Å². The molecule has 5 nitrogen and oxygen atoms in total. The number of ether oxygens (including phenoxy) is 1. The number of para-hydroxylation sites is 3. The van der Waals surface area contributed by atoms with E-state index in [4.69, 9.17) is 21.3 Å². The zero-order valence-electron chi connectivity index (χ0n) is 17.1. The fraction of sp³-hybridized carbons (Fsp3) is 0.391.